The van der Waals surface area contributed by atoms with Crippen LogP contribution in [0.3, 0.4) is 0 Å². The van der Waals surface area contributed by atoms with Crippen LogP contribution in [0.1, 0.15) is 35.3 Å². The summed E-state index contributed by atoms with van der Waals surface area (Å²) in [6.45, 7) is 0.0720. The molecule has 1 N–H and O–H groups in total. The first-order valence-corrected chi connectivity index (χ1v) is 9.69. The van der Waals surface area contributed by atoms with E-state index in [9.17, 15) is 10.1 Å². The minimum Gasteiger partial charge on any atom is -0.467 e. The fourth-order valence-electron chi connectivity index (χ4n) is 3.63. The number of aromatic nitrogens is 1. The van der Waals surface area contributed by atoms with Gasteiger partial charge in [-0.25, -0.2) is 4.98 Å². The summed E-state index contributed by atoms with van der Waals surface area (Å²) in [5.41, 5.74) is 4.39. The highest BCUT2D eigenvalue weighted by atomic mass is 16.5. The Morgan fingerprint density at radius 3 is 2.66 bits per heavy atom. The first-order chi connectivity index (χ1) is 14.3. The molecule has 2 aromatic heterocycles. The van der Waals surface area contributed by atoms with Crippen molar-refractivity contribution in [1.29, 1.82) is 5.26 Å². The van der Waals surface area contributed by atoms with Crippen molar-refractivity contribution >= 4 is 5.91 Å². The standard InChI is InChI=1S/C23H21N3O3/c24-13-20-18-10-4-5-11-19(18)22(16-7-2-1-3-8-16)26-23(20)29-15-21(27)25-14-17-9-6-12-28-17/h1-3,6-9,12H,4-5,10-11,14-15H2,(H,25,27). The molecule has 0 aliphatic heterocycles. The van der Waals surface area contributed by atoms with Gasteiger partial charge in [0.25, 0.3) is 5.91 Å². The Labute approximate surface area is 169 Å². The van der Waals surface area contributed by atoms with E-state index in [4.69, 9.17) is 9.15 Å². The van der Waals surface area contributed by atoms with E-state index in [1.165, 1.54) is 0 Å². The lowest BCUT2D eigenvalue weighted by atomic mass is 9.86. The number of rotatable bonds is 6. The van der Waals surface area contributed by atoms with Crippen LogP contribution < -0.4 is 10.1 Å². The summed E-state index contributed by atoms with van der Waals surface area (Å²) in [5.74, 6) is 0.584. The quantitative estimate of drug-likeness (QED) is 0.695. The zero-order valence-corrected chi connectivity index (χ0v) is 16.0. The summed E-state index contributed by atoms with van der Waals surface area (Å²) in [6.07, 6.45) is 5.38. The molecule has 0 fully saturated rings. The fourth-order valence-corrected chi connectivity index (χ4v) is 3.63. The normalized spacial score (nSPS) is 12.7. The largest absolute Gasteiger partial charge is 0.467 e. The third-order valence-corrected chi connectivity index (χ3v) is 5.02. The maximum atomic E-state index is 12.2. The number of nitrogens with one attached hydrogen (secondary N) is 1. The van der Waals surface area contributed by atoms with Gasteiger partial charge in [-0.3, -0.25) is 4.79 Å². The molecule has 0 radical (unpaired) electrons. The van der Waals surface area contributed by atoms with Gasteiger partial charge in [0, 0.05) is 5.56 Å². The highest BCUT2D eigenvalue weighted by Gasteiger charge is 2.24. The van der Waals surface area contributed by atoms with E-state index >= 15 is 0 Å². The van der Waals surface area contributed by atoms with Crippen molar-refractivity contribution in [3.63, 3.8) is 0 Å². The molecule has 0 atom stereocenters. The molecule has 0 unspecified atom stereocenters. The molecule has 0 bridgehead atoms. The van der Waals surface area contributed by atoms with Crippen LogP contribution in [0.15, 0.2) is 53.1 Å². The van der Waals surface area contributed by atoms with E-state index in [1.807, 2.05) is 30.3 Å². The lowest BCUT2D eigenvalue weighted by molar-refractivity contribution is -0.123. The third kappa shape index (κ3) is 4.14. The van der Waals surface area contributed by atoms with Crippen molar-refractivity contribution in [3.8, 4) is 23.2 Å². The minimum absolute atomic E-state index is 0.213. The van der Waals surface area contributed by atoms with E-state index in [1.54, 1.807) is 18.4 Å². The van der Waals surface area contributed by atoms with Crippen molar-refractivity contribution in [2.24, 2.45) is 0 Å². The number of pyridine rings is 1. The number of nitriles is 1. The fraction of sp³-hybridized carbons (Fsp3) is 0.261. The average molecular weight is 387 g/mol. The lowest BCUT2D eigenvalue weighted by Gasteiger charge is -2.22. The molecule has 1 aliphatic carbocycles. The number of hydrogen-bond acceptors (Lipinski definition) is 5. The number of benzene rings is 1. The Hall–Kier alpha value is -3.59. The predicted octanol–water partition coefficient (Wildman–Crippen LogP) is 3.79. The molecule has 0 saturated carbocycles. The molecule has 1 amide bonds. The maximum absolute atomic E-state index is 12.2. The SMILES string of the molecule is N#Cc1c(OCC(=O)NCc2ccco2)nc(-c2ccccc2)c2c1CCCC2. The van der Waals surface area contributed by atoms with Crippen LogP contribution in [0.2, 0.25) is 0 Å². The van der Waals surface area contributed by atoms with E-state index in [-0.39, 0.29) is 24.9 Å². The van der Waals surface area contributed by atoms with Gasteiger partial charge in [-0.05, 0) is 48.9 Å². The Balaban J connectivity index is 1.59. The molecule has 0 saturated heterocycles. The van der Waals surface area contributed by atoms with Gasteiger partial charge in [0.05, 0.1) is 18.5 Å². The lowest BCUT2D eigenvalue weighted by Crippen LogP contribution is -2.28. The highest BCUT2D eigenvalue weighted by molar-refractivity contribution is 5.77. The Morgan fingerprint density at radius 1 is 1.14 bits per heavy atom. The van der Waals surface area contributed by atoms with E-state index in [0.29, 0.717) is 11.3 Å². The van der Waals surface area contributed by atoms with Gasteiger partial charge in [-0.2, -0.15) is 5.26 Å². The van der Waals surface area contributed by atoms with Crippen molar-refractivity contribution in [2.75, 3.05) is 6.61 Å². The Morgan fingerprint density at radius 2 is 1.93 bits per heavy atom. The van der Waals surface area contributed by atoms with Crippen molar-refractivity contribution in [1.82, 2.24) is 10.3 Å². The van der Waals surface area contributed by atoms with Gasteiger partial charge in [-0.1, -0.05) is 30.3 Å². The maximum Gasteiger partial charge on any atom is 0.258 e. The molecule has 29 heavy (non-hydrogen) atoms. The van der Waals surface area contributed by atoms with Crippen LogP contribution in [0.4, 0.5) is 0 Å². The molecule has 1 aromatic carbocycles. The smallest absolute Gasteiger partial charge is 0.258 e. The topological polar surface area (TPSA) is 88.1 Å². The van der Waals surface area contributed by atoms with Crippen LogP contribution in [0.5, 0.6) is 5.88 Å². The van der Waals surface area contributed by atoms with Gasteiger partial charge in [0.2, 0.25) is 5.88 Å². The number of nitrogens with zero attached hydrogens (tertiary/aromatic N) is 2. The van der Waals surface area contributed by atoms with Crippen LogP contribution in [-0.4, -0.2) is 17.5 Å². The van der Waals surface area contributed by atoms with Gasteiger partial charge in [0.1, 0.15) is 17.4 Å². The first kappa shape index (κ1) is 18.8. The first-order valence-electron chi connectivity index (χ1n) is 9.69. The summed E-state index contributed by atoms with van der Waals surface area (Å²) in [5, 5.41) is 12.5. The Bertz CT molecular complexity index is 1040. The molecule has 3 aromatic rings. The number of furan rings is 1. The second kappa shape index (κ2) is 8.61. The number of hydrogen-bond donors (Lipinski definition) is 1. The van der Waals surface area contributed by atoms with Crippen molar-refractivity contribution < 1.29 is 13.9 Å². The number of carbonyl (C=O) groups excluding carboxylic acids is 1. The number of amides is 1. The second-order valence-electron chi connectivity index (χ2n) is 6.93. The monoisotopic (exact) mass is 387 g/mol. The Kier molecular flexibility index (Phi) is 5.57. The number of carbonyl (C=O) groups is 1. The molecule has 4 rings (SSSR count). The van der Waals surface area contributed by atoms with Crippen molar-refractivity contribution in [2.45, 2.75) is 32.2 Å². The summed E-state index contributed by atoms with van der Waals surface area (Å²) in [7, 11) is 0. The second-order valence-corrected chi connectivity index (χ2v) is 6.93. The molecule has 6 heteroatoms. The van der Waals surface area contributed by atoms with E-state index < -0.39 is 0 Å². The van der Waals surface area contributed by atoms with Crippen LogP contribution in [0.25, 0.3) is 11.3 Å². The predicted molar refractivity (Wildman–Crippen MR) is 107 cm³/mol. The summed E-state index contributed by atoms with van der Waals surface area (Å²) < 4.78 is 10.9. The third-order valence-electron chi connectivity index (χ3n) is 5.02. The van der Waals surface area contributed by atoms with E-state index in [0.717, 1.165) is 48.1 Å². The van der Waals surface area contributed by atoms with Crippen molar-refractivity contribution in [3.05, 3.63) is 71.2 Å². The van der Waals surface area contributed by atoms with Gasteiger partial charge < -0.3 is 14.5 Å². The van der Waals surface area contributed by atoms with Crippen LogP contribution in [-0.2, 0) is 24.2 Å². The zero-order chi connectivity index (χ0) is 20.1. The van der Waals surface area contributed by atoms with Gasteiger partial charge >= 0.3 is 0 Å². The zero-order valence-electron chi connectivity index (χ0n) is 16.0. The van der Waals surface area contributed by atoms with Crippen LogP contribution in [0, 0.1) is 11.3 Å². The van der Waals surface area contributed by atoms with Gasteiger partial charge in [0.15, 0.2) is 6.61 Å². The molecular formula is C23H21N3O3. The highest BCUT2D eigenvalue weighted by Crippen LogP contribution is 2.36. The molecular weight excluding hydrogens is 366 g/mol. The summed E-state index contributed by atoms with van der Waals surface area (Å²) in [6, 6.07) is 15.7. The number of ether oxygens (including phenoxy) is 1. The molecule has 146 valence electrons. The summed E-state index contributed by atoms with van der Waals surface area (Å²) in [4.78, 5) is 16.8. The molecule has 6 nitrogen and oxygen atoms in total. The minimum atomic E-state index is -0.300. The summed E-state index contributed by atoms with van der Waals surface area (Å²) >= 11 is 0. The molecule has 1 aliphatic rings. The molecule has 2 heterocycles. The van der Waals surface area contributed by atoms with Crippen LogP contribution >= 0.6 is 0 Å². The molecule has 0 spiro atoms. The van der Waals surface area contributed by atoms with E-state index in [2.05, 4.69) is 16.4 Å². The average Bonchev–Trinajstić information content (AvgIpc) is 3.29. The van der Waals surface area contributed by atoms with Gasteiger partial charge in [-0.15, -0.1) is 0 Å². The number of fused-ring (bicyclic) bond motifs is 1.